The molecule has 0 aliphatic rings. The number of hydrogen-bond acceptors (Lipinski definition) is 1. The van der Waals surface area contributed by atoms with E-state index in [2.05, 4.69) is 18.8 Å². The Hall–Kier alpha value is -0.560. The number of hydrogen-bond donors (Lipinski definition) is 0. The van der Waals surface area contributed by atoms with Crippen LogP contribution in [-0.2, 0) is 0 Å². The van der Waals surface area contributed by atoms with Crippen LogP contribution >= 0.6 is 11.6 Å². The van der Waals surface area contributed by atoms with Crippen molar-refractivity contribution in [3.05, 3.63) is 29.6 Å². The fourth-order valence-corrected chi connectivity index (χ4v) is 1.38. The van der Waals surface area contributed by atoms with Gasteiger partial charge in [-0.3, -0.25) is 4.98 Å². The van der Waals surface area contributed by atoms with E-state index in [4.69, 9.17) is 11.6 Å². The van der Waals surface area contributed by atoms with Crippen LogP contribution in [0.1, 0.15) is 30.9 Å². The van der Waals surface area contributed by atoms with E-state index in [0.29, 0.717) is 5.92 Å². The molecule has 1 rings (SSSR count). The molecule has 0 saturated carbocycles. The molecule has 0 aromatic carbocycles. The summed E-state index contributed by atoms with van der Waals surface area (Å²) in [4.78, 5) is 4.04. The maximum Gasteiger partial charge on any atom is 0.0373 e. The van der Waals surface area contributed by atoms with Crippen LogP contribution in [0.4, 0.5) is 0 Å². The summed E-state index contributed by atoms with van der Waals surface area (Å²) in [5.41, 5.74) is 2.52. The largest absolute Gasteiger partial charge is 0.264 e. The topological polar surface area (TPSA) is 12.9 Å². The van der Waals surface area contributed by atoms with Gasteiger partial charge in [0.05, 0.1) is 0 Å². The number of aryl methyl sites for hydroxylation is 1. The molecule has 0 spiro atoms. The SMILES string of the molecule is Cc1cnccc1C(C)C(C)Cl. The minimum atomic E-state index is 0.172. The highest BCUT2D eigenvalue weighted by molar-refractivity contribution is 6.20. The molecule has 0 aliphatic carbocycles. The third-order valence-corrected chi connectivity index (χ3v) is 2.62. The molecular formula is C10H14ClN. The van der Waals surface area contributed by atoms with E-state index in [1.54, 1.807) is 0 Å². The van der Waals surface area contributed by atoms with Crippen LogP contribution in [0.5, 0.6) is 0 Å². The first-order chi connectivity index (χ1) is 5.63. The first kappa shape index (κ1) is 9.53. The Morgan fingerprint density at radius 3 is 2.58 bits per heavy atom. The predicted molar refractivity (Wildman–Crippen MR) is 52.7 cm³/mol. The van der Waals surface area contributed by atoms with Crippen LogP contribution in [0.25, 0.3) is 0 Å². The van der Waals surface area contributed by atoms with Crippen molar-refractivity contribution in [2.75, 3.05) is 0 Å². The molecule has 0 amide bonds. The first-order valence-electron chi connectivity index (χ1n) is 4.17. The molecule has 0 fully saturated rings. The Bertz CT molecular complexity index is 258. The third kappa shape index (κ3) is 1.98. The van der Waals surface area contributed by atoms with E-state index in [1.807, 2.05) is 25.4 Å². The molecule has 0 aliphatic heterocycles. The molecule has 0 radical (unpaired) electrons. The van der Waals surface area contributed by atoms with Crippen molar-refractivity contribution in [1.82, 2.24) is 4.98 Å². The summed E-state index contributed by atoms with van der Waals surface area (Å²) in [5.74, 6) is 0.398. The summed E-state index contributed by atoms with van der Waals surface area (Å²) >= 11 is 6.01. The second kappa shape index (κ2) is 3.90. The van der Waals surface area contributed by atoms with E-state index in [1.165, 1.54) is 11.1 Å². The summed E-state index contributed by atoms with van der Waals surface area (Å²) in [6.45, 7) is 6.23. The van der Waals surface area contributed by atoms with Crippen molar-refractivity contribution in [2.45, 2.75) is 32.1 Å². The lowest BCUT2D eigenvalue weighted by molar-refractivity contribution is 0.735. The minimum absolute atomic E-state index is 0.172. The van der Waals surface area contributed by atoms with Gasteiger partial charge in [0.1, 0.15) is 0 Å². The Morgan fingerprint density at radius 2 is 2.08 bits per heavy atom. The maximum atomic E-state index is 6.01. The standard InChI is InChI=1S/C10H14ClN/c1-7-6-12-5-4-10(7)8(2)9(3)11/h4-6,8-9H,1-3H3. The van der Waals surface area contributed by atoms with Gasteiger partial charge >= 0.3 is 0 Å². The highest BCUT2D eigenvalue weighted by Crippen LogP contribution is 2.24. The number of pyridine rings is 1. The summed E-state index contributed by atoms with van der Waals surface area (Å²) in [6, 6.07) is 2.04. The normalized spacial score (nSPS) is 15.7. The Balaban J connectivity index is 2.94. The van der Waals surface area contributed by atoms with Crippen LogP contribution < -0.4 is 0 Å². The average Bonchev–Trinajstić information content (AvgIpc) is 2.04. The van der Waals surface area contributed by atoms with E-state index < -0.39 is 0 Å². The Labute approximate surface area is 78.8 Å². The summed E-state index contributed by atoms with van der Waals surface area (Å²) in [5, 5.41) is 0.172. The average molecular weight is 184 g/mol. The van der Waals surface area contributed by atoms with E-state index in [9.17, 15) is 0 Å². The molecule has 0 bridgehead atoms. The van der Waals surface area contributed by atoms with Gasteiger partial charge in [0.15, 0.2) is 0 Å². The van der Waals surface area contributed by atoms with E-state index >= 15 is 0 Å². The lowest BCUT2D eigenvalue weighted by atomic mass is 9.96. The van der Waals surface area contributed by atoms with Crippen LogP contribution in [-0.4, -0.2) is 10.4 Å². The second-order valence-electron chi connectivity index (χ2n) is 3.20. The highest BCUT2D eigenvalue weighted by atomic mass is 35.5. The molecule has 1 aromatic rings. The van der Waals surface area contributed by atoms with Gasteiger partial charge in [-0.2, -0.15) is 0 Å². The summed E-state index contributed by atoms with van der Waals surface area (Å²) in [6.07, 6.45) is 3.70. The van der Waals surface area contributed by atoms with Gasteiger partial charge < -0.3 is 0 Å². The molecule has 1 nitrogen and oxygen atoms in total. The smallest absolute Gasteiger partial charge is 0.0373 e. The minimum Gasteiger partial charge on any atom is -0.264 e. The molecule has 2 unspecified atom stereocenters. The van der Waals surface area contributed by atoms with Crippen LogP contribution in [0.3, 0.4) is 0 Å². The second-order valence-corrected chi connectivity index (χ2v) is 3.89. The number of alkyl halides is 1. The number of halogens is 1. The van der Waals surface area contributed by atoms with E-state index in [-0.39, 0.29) is 5.38 Å². The fourth-order valence-electron chi connectivity index (χ4n) is 1.24. The van der Waals surface area contributed by atoms with Crippen LogP contribution in [0.15, 0.2) is 18.5 Å². The van der Waals surface area contributed by atoms with Crippen molar-refractivity contribution in [3.63, 3.8) is 0 Å². The monoisotopic (exact) mass is 183 g/mol. The Morgan fingerprint density at radius 1 is 1.42 bits per heavy atom. The van der Waals surface area contributed by atoms with Gasteiger partial charge in [-0.15, -0.1) is 11.6 Å². The Kier molecular flexibility index (Phi) is 3.10. The zero-order valence-electron chi connectivity index (χ0n) is 7.71. The van der Waals surface area contributed by atoms with Gasteiger partial charge in [-0.1, -0.05) is 6.92 Å². The quantitative estimate of drug-likeness (QED) is 0.642. The van der Waals surface area contributed by atoms with Crippen molar-refractivity contribution in [1.29, 1.82) is 0 Å². The molecule has 12 heavy (non-hydrogen) atoms. The van der Waals surface area contributed by atoms with Crippen LogP contribution in [0.2, 0.25) is 0 Å². The molecule has 2 atom stereocenters. The molecule has 1 aromatic heterocycles. The van der Waals surface area contributed by atoms with Gasteiger partial charge in [0, 0.05) is 17.8 Å². The fraction of sp³-hybridized carbons (Fsp3) is 0.500. The van der Waals surface area contributed by atoms with Crippen molar-refractivity contribution < 1.29 is 0 Å². The summed E-state index contributed by atoms with van der Waals surface area (Å²) in [7, 11) is 0. The first-order valence-corrected chi connectivity index (χ1v) is 4.61. The summed E-state index contributed by atoms with van der Waals surface area (Å²) < 4.78 is 0. The van der Waals surface area contributed by atoms with Gasteiger partial charge in [-0.05, 0) is 37.0 Å². The number of aromatic nitrogens is 1. The molecular weight excluding hydrogens is 170 g/mol. The van der Waals surface area contributed by atoms with Gasteiger partial charge in [0.2, 0.25) is 0 Å². The lowest BCUT2D eigenvalue weighted by Crippen LogP contribution is -2.06. The van der Waals surface area contributed by atoms with Crippen molar-refractivity contribution in [3.8, 4) is 0 Å². The highest BCUT2D eigenvalue weighted by Gasteiger charge is 2.12. The molecule has 0 saturated heterocycles. The predicted octanol–water partition coefficient (Wildman–Crippen LogP) is 3.12. The zero-order valence-corrected chi connectivity index (χ0v) is 8.47. The number of nitrogens with zero attached hydrogens (tertiary/aromatic N) is 1. The van der Waals surface area contributed by atoms with Crippen molar-refractivity contribution in [2.24, 2.45) is 0 Å². The maximum absolute atomic E-state index is 6.01. The van der Waals surface area contributed by atoms with Crippen LogP contribution in [0, 0.1) is 6.92 Å². The molecule has 0 N–H and O–H groups in total. The van der Waals surface area contributed by atoms with E-state index in [0.717, 1.165) is 0 Å². The zero-order chi connectivity index (χ0) is 9.14. The lowest BCUT2D eigenvalue weighted by Gasteiger charge is -2.15. The van der Waals surface area contributed by atoms with Gasteiger partial charge in [-0.25, -0.2) is 0 Å². The molecule has 66 valence electrons. The van der Waals surface area contributed by atoms with Gasteiger partial charge in [0.25, 0.3) is 0 Å². The number of rotatable bonds is 2. The third-order valence-electron chi connectivity index (χ3n) is 2.24. The molecule has 1 heterocycles. The molecule has 2 heteroatoms. The van der Waals surface area contributed by atoms with Crippen molar-refractivity contribution >= 4 is 11.6 Å².